The summed E-state index contributed by atoms with van der Waals surface area (Å²) >= 11 is 4.72. The maximum Gasteiger partial charge on any atom is 0.275 e. The van der Waals surface area contributed by atoms with Gasteiger partial charge in [-0.3, -0.25) is 4.79 Å². The number of aryl methyl sites for hydroxylation is 1. The Labute approximate surface area is 153 Å². The molecule has 5 nitrogen and oxygen atoms in total. The highest BCUT2D eigenvalue weighted by molar-refractivity contribution is 9.10. The lowest BCUT2D eigenvalue weighted by Gasteiger charge is -2.22. The van der Waals surface area contributed by atoms with Gasteiger partial charge >= 0.3 is 0 Å². The number of benzene rings is 1. The van der Waals surface area contributed by atoms with Crippen molar-refractivity contribution in [2.24, 2.45) is 0 Å². The van der Waals surface area contributed by atoms with Crippen molar-refractivity contribution in [2.75, 3.05) is 10.6 Å². The van der Waals surface area contributed by atoms with Gasteiger partial charge in [-0.1, -0.05) is 19.3 Å². The summed E-state index contributed by atoms with van der Waals surface area (Å²) in [6, 6.07) is 3.98. The molecule has 1 fully saturated rings. The first-order valence-electron chi connectivity index (χ1n) is 8.05. The average molecular weight is 410 g/mol. The number of nitrogens with zero attached hydrogens (tertiary/aromatic N) is 1. The van der Waals surface area contributed by atoms with Crippen LogP contribution in [0.2, 0.25) is 0 Å². The molecule has 1 aromatic heterocycles. The monoisotopic (exact) mass is 409 g/mol. The molecule has 128 valence electrons. The molecule has 3 rings (SSSR count). The SMILES string of the molecule is Cc1cc(Br)c(O)c(NC(=O)c2csc(NC3CCCCC3)n2)c1. The third-order valence-corrected chi connectivity index (χ3v) is 5.50. The zero-order chi connectivity index (χ0) is 17.1. The van der Waals surface area contributed by atoms with E-state index in [0.29, 0.717) is 21.9 Å². The Hall–Kier alpha value is -1.60. The second-order valence-corrected chi connectivity index (χ2v) is 7.83. The smallest absolute Gasteiger partial charge is 0.275 e. The minimum Gasteiger partial charge on any atom is -0.505 e. The fourth-order valence-electron chi connectivity index (χ4n) is 2.88. The largest absolute Gasteiger partial charge is 0.505 e. The number of carbonyl (C=O) groups excluding carboxylic acids is 1. The number of halogens is 1. The number of hydrogen-bond donors (Lipinski definition) is 3. The highest BCUT2D eigenvalue weighted by Gasteiger charge is 2.17. The predicted octanol–water partition coefficient (Wildman–Crippen LogP) is 4.92. The summed E-state index contributed by atoms with van der Waals surface area (Å²) in [5.74, 6) is -0.305. The van der Waals surface area contributed by atoms with Crippen molar-refractivity contribution in [3.8, 4) is 5.75 Å². The Morgan fingerprint density at radius 2 is 2.08 bits per heavy atom. The molecular formula is C17H20BrN3O2S. The van der Waals surface area contributed by atoms with Crippen molar-refractivity contribution in [2.45, 2.75) is 45.1 Å². The molecule has 1 aliphatic carbocycles. The van der Waals surface area contributed by atoms with Crippen LogP contribution in [0.4, 0.5) is 10.8 Å². The Bertz CT molecular complexity index is 741. The van der Waals surface area contributed by atoms with Crippen LogP contribution in [0, 0.1) is 6.92 Å². The van der Waals surface area contributed by atoms with Gasteiger partial charge in [-0.05, 0) is 53.4 Å². The predicted molar refractivity (Wildman–Crippen MR) is 101 cm³/mol. The number of aromatic nitrogens is 1. The summed E-state index contributed by atoms with van der Waals surface area (Å²) in [6.45, 7) is 1.90. The van der Waals surface area contributed by atoms with E-state index in [4.69, 9.17) is 0 Å². The van der Waals surface area contributed by atoms with E-state index < -0.39 is 0 Å². The summed E-state index contributed by atoms with van der Waals surface area (Å²) < 4.78 is 0.552. The highest BCUT2D eigenvalue weighted by atomic mass is 79.9. The van der Waals surface area contributed by atoms with Crippen molar-refractivity contribution in [1.29, 1.82) is 0 Å². The van der Waals surface area contributed by atoms with E-state index in [2.05, 4.69) is 31.5 Å². The van der Waals surface area contributed by atoms with E-state index >= 15 is 0 Å². The fourth-order valence-corrected chi connectivity index (χ4v) is 4.23. The quantitative estimate of drug-likeness (QED) is 0.626. The number of phenolic OH excluding ortho intramolecular Hbond substituents is 1. The number of aromatic hydroxyl groups is 1. The van der Waals surface area contributed by atoms with Crippen LogP contribution in [-0.4, -0.2) is 22.0 Å². The molecule has 0 unspecified atom stereocenters. The number of anilines is 2. The van der Waals surface area contributed by atoms with E-state index in [-0.39, 0.29) is 11.7 Å². The molecule has 0 bridgehead atoms. The second kappa shape index (κ2) is 7.53. The zero-order valence-corrected chi connectivity index (χ0v) is 15.8. The van der Waals surface area contributed by atoms with Gasteiger partial charge in [-0.25, -0.2) is 4.98 Å². The molecule has 24 heavy (non-hydrogen) atoms. The van der Waals surface area contributed by atoms with E-state index in [0.717, 1.165) is 23.5 Å². The van der Waals surface area contributed by atoms with Crippen LogP contribution in [-0.2, 0) is 0 Å². The third kappa shape index (κ3) is 4.08. The van der Waals surface area contributed by atoms with Crippen LogP contribution in [0.15, 0.2) is 22.0 Å². The Morgan fingerprint density at radius 3 is 2.83 bits per heavy atom. The van der Waals surface area contributed by atoms with E-state index in [1.165, 1.54) is 30.6 Å². The summed E-state index contributed by atoms with van der Waals surface area (Å²) in [5.41, 5.74) is 1.67. The van der Waals surface area contributed by atoms with Crippen molar-refractivity contribution in [3.63, 3.8) is 0 Å². The average Bonchev–Trinajstić information content (AvgIpc) is 3.01. The van der Waals surface area contributed by atoms with Gasteiger partial charge in [-0.15, -0.1) is 11.3 Å². The molecule has 2 aromatic rings. The van der Waals surface area contributed by atoms with E-state index in [1.54, 1.807) is 17.5 Å². The summed E-state index contributed by atoms with van der Waals surface area (Å²) in [5, 5.41) is 18.7. The summed E-state index contributed by atoms with van der Waals surface area (Å²) in [6.07, 6.45) is 6.12. The number of amides is 1. The van der Waals surface area contributed by atoms with Gasteiger partial charge in [0.1, 0.15) is 5.69 Å². The lowest BCUT2D eigenvalue weighted by molar-refractivity contribution is 0.102. The standard InChI is InChI=1S/C17H20BrN3O2S/c1-10-7-12(18)15(22)13(8-10)20-16(23)14-9-24-17(21-14)19-11-5-3-2-4-6-11/h7-9,11,22H,2-6H2,1H3,(H,19,21)(H,20,23). The maximum atomic E-state index is 12.4. The van der Waals surface area contributed by atoms with Crippen molar-refractivity contribution in [3.05, 3.63) is 33.2 Å². The Kier molecular flexibility index (Phi) is 5.40. The first-order chi connectivity index (χ1) is 11.5. The number of carbonyl (C=O) groups is 1. The number of rotatable bonds is 4. The van der Waals surface area contributed by atoms with Crippen LogP contribution >= 0.6 is 27.3 Å². The van der Waals surface area contributed by atoms with Gasteiger partial charge in [0.2, 0.25) is 0 Å². The summed E-state index contributed by atoms with van der Waals surface area (Å²) in [4.78, 5) is 16.8. The van der Waals surface area contributed by atoms with Crippen LogP contribution in [0.25, 0.3) is 0 Å². The van der Waals surface area contributed by atoms with E-state index in [1.807, 2.05) is 6.92 Å². The van der Waals surface area contributed by atoms with Crippen LogP contribution in [0.5, 0.6) is 5.75 Å². The van der Waals surface area contributed by atoms with Gasteiger partial charge in [0.25, 0.3) is 5.91 Å². The van der Waals surface area contributed by atoms with Crippen LogP contribution < -0.4 is 10.6 Å². The van der Waals surface area contributed by atoms with Gasteiger partial charge in [0, 0.05) is 11.4 Å². The first kappa shape index (κ1) is 17.2. The molecule has 1 heterocycles. The lowest BCUT2D eigenvalue weighted by atomic mass is 9.96. The molecule has 7 heteroatoms. The fraction of sp³-hybridized carbons (Fsp3) is 0.412. The van der Waals surface area contributed by atoms with Gasteiger partial charge in [0.15, 0.2) is 10.9 Å². The zero-order valence-electron chi connectivity index (χ0n) is 13.4. The number of thiazole rings is 1. The Morgan fingerprint density at radius 1 is 1.33 bits per heavy atom. The molecule has 1 aliphatic rings. The molecular weight excluding hydrogens is 390 g/mol. The van der Waals surface area contributed by atoms with E-state index in [9.17, 15) is 9.90 Å². The molecule has 0 saturated heterocycles. The molecule has 0 radical (unpaired) electrons. The molecule has 1 saturated carbocycles. The normalized spacial score (nSPS) is 15.2. The Balaban J connectivity index is 1.67. The van der Waals surface area contributed by atoms with Gasteiger partial charge in [-0.2, -0.15) is 0 Å². The number of nitrogens with one attached hydrogen (secondary N) is 2. The molecule has 3 N–H and O–H groups in total. The highest BCUT2D eigenvalue weighted by Crippen LogP contribution is 2.33. The minimum atomic E-state index is -0.323. The second-order valence-electron chi connectivity index (χ2n) is 6.11. The summed E-state index contributed by atoms with van der Waals surface area (Å²) in [7, 11) is 0. The molecule has 0 atom stereocenters. The van der Waals surface area contributed by atoms with Crippen molar-refractivity contribution < 1.29 is 9.90 Å². The third-order valence-electron chi connectivity index (χ3n) is 4.13. The van der Waals surface area contributed by atoms with Crippen LogP contribution in [0.1, 0.15) is 48.2 Å². The maximum absolute atomic E-state index is 12.4. The molecule has 0 spiro atoms. The van der Waals surface area contributed by atoms with Crippen molar-refractivity contribution >= 4 is 44.0 Å². The molecule has 1 aromatic carbocycles. The number of phenols is 1. The number of hydrogen-bond acceptors (Lipinski definition) is 5. The van der Waals surface area contributed by atoms with Crippen LogP contribution in [0.3, 0.4) is 0 Å². The lowest BCUT2D eigenvalue weighted by Crippen LogP contribution is -2.22. The molecule has 0 aliphatic heterocycles. The van der Waals surface area contributed by atoms with Gasteiger partial charge < -0.3 is 15.7 Å². The first-order valence-corrected chi connectivity index (χ1v) is 9.72. The molecule has 1 amide bonds. The van der Waals surface area contributed by atoms with Crippen molar-refractivity contribution in [1.82, 2.24) is 4.98 Å². The topological polar surface area (TPSA) is 74.2 Å². The minimum absolute atomic E-state index is 0.0183. The van der Waals surface area contributed by atoms with Gasteiger partial charge in [0.05, 0.1) is 10.2 Å².